The highest BCUT2D eigenvalue weighted by molar-refractivity contribution is 6.47. The first kappa shape index (κ1) is 28.6. The molecule has 194 valence electrons. The summed E-state index contributed by atoms with van der Waals surface area (Å²) in [6.07, 6.45) is 3.78. The highest BCUT2D eigenvalue weighted by atomic mass is 35.5. The van der Waals surface area contributed by atoms with Gasteiger partial charge in [0.1, 0.15) is 0 Å². The molecule has 1 aliphatic heterocycles. The molecule has 6 N–H and O–H groups in total. The molecule has 11 nitrogen and oxygen atoms in total. The van der Waals surface area contributed by atoms with Crippen molar-refractivity contribution in [1.29, 1.82) is 0 Å². The van der Waals surface area contributed by atoms with Crippen molar-refractivity contribution < 1.29 is 31.5 Å². The first-order valence-electron chi connectivity index (χ1n) is 11.9. The van der Waals surface area contributed by atoms with Gasteiger partial charge in [-0.05, 0) is 62.2 Å². The molecule has 3 saturated carbocycles. The van der Waals surface area contributed by atoms with Crippen LogP contribution in [0.4, 0.5) is 0 Å². The molecule has 0 unspecified atom stereocenters. The summed E-state index contributed by atoms with van der Waals surface area (Å²) in [5, 5.41) is 12.6. The molecule has 4 rings (SSSR count). The van der Waals surface area contributed by atoms with Crippen LogP contribution in [0.5, 0.6) is 0 Å². The van der Waals surface area contributed by atoms with Crippen molar-refractivity contribution in [2.45, 2.75) is 90.4 Å². The Morgan fingerprint density at radius 2 is 2.00 bits per heavy atom. The average Bonchev–Trinajstić information content (AvgIpc) is 3.06. The molecular weight excluding hydrogens is 463 g/mol. The van der Waals surface area contributed by atoms with Crippen LogP contribution in [0.25, 0.3) is 0 Å². The lowest BCUT2D eigenvalue weighted by atomic mass is 9.43. The Balaban J connectivity index is 0.00000408. The van der Waals surface area contributed by atoms with Gasteiger partial charge < -0.3 is 38.5 Å². The van der Waals surface area contributed by atoms with Gasteiger partial charge in [-0.1, -0.05) is 33.1 Å². The fraction of sp³-hybridized carbons (Fsp3) is 0.905. The summed E-state index contributed by atoms with van der Waals surface area (Å²) in [5.41, 5.74) is 13.2. The van der Waals surface area contributed by atoms with Crippen LogP contribution < -0.4 is 34.6 Å². The van der Waals surface area contributed by atoms with E-state index in [2.05, 4.69) is 44.9 Å². The Labute approximate surface area is 208 Å². The van der Waals surface area contributed by atoms with E-state index in [-0.39, 0.29) is 53.9 Å². The topological polar surface area (TPSA) is 167 Å². The molecule has 1 amide bonds. The predicted octanol–water partition coefficient (Wildman–Crippen LogP) is -2.01. The summed E-state index contributed by atoms with van der Waals surface area (Å²) in [5.74, 6) is 0.621. The van der Waals surface area contributed by atoms with Crippen molar-refractivity contribution in [3.8, 4) is 0 Å². The molecule has 13 heteroatoms. The lowest BCUT2D eigenvalue weighted by Crippen LogP contribution is -3.00. The summed E-state index contributed by atoms with van der Waals surface area (Å²) in [6.45, 7) is 11.2. The van der Waals surface area contributed by atoms with Crippen molar-refractivity contribution in [3.05, 3.63) is 10.1 Å². The minimum atomic E-state index is -0.777. The molecule has 0 aromatic rings. The number of nitrogens with zero attached hydrogens (tertiary/aromatic N) is 2. The van der Waals surface area contributed by atoms with Gasteiger partial charge in [0, 0.05) is 6.54 Å². The molecule has 3 aliphatic carbocycles. The van der Waals surface area contributed by atoms with E-state index in [1.165, 1.54) is 6.42 Å². The van der Waals surface area contributed by atoms with E-state index in [1.54, 1.807) is 5.43 Å². The maximum Gasteiger partial charge on any atom is 0.481 e. The third kappa shape index (κ3) is 5.95. The molecule has 4 aliphatic rings. The lowest BCUT2D eigenvalue weighted by Gasteiger charge is -2.64. The fourth-order valence-electron chi connectivity index (χ4n) is 5.88. The van der Waals surface area contributed by atoms with E-state index >= 15 is 0 Å². The Bertz CT molecular complexity index is 787. The Morgan fingerprint density at radius 1 is 1.32 bits per heavy atom. The van der Waals surface area contributed by atoms with Crippen LogP contribution in [0.15, 0.2) is 4.99 Å². The maximum atomic E-state index is 12.8. The summed E-state index contributed by atoms with van der Waals surface area (Å²) in [4.78, 5) is 27.0. The highest BCUT2D eigenvalue weighted by Crippen LogP contribution is 2.65. The number of nitrogens with two attached hydrogens (primary N) is 2. The van der Waals surface area contributed by atoms with Crippen LogP contribution in [-0.4, -0.2) is 54.3 Å². The Kier molecular flexibility index (Phi) is 9.23. The number of halogens is 1. The summed E-state index contributed by atoms with van der Waals surface area (Å²) in [6, 6.07) is -0.731. The van der Waals surface area contributed by atoms with Crippen LogP contribution in [-0.2, 0) is 14.1 Å². The average molecular weight is 502 g/mol. The molecule has 0 spiro atoms. The summed E-state index contributed by atoms with van der Waals surface area (Å²) >= 11 is 0. The molecule has 34 heavy (non-hydrogen) atoms. The number of nitrogens with one attached hydrogen (secondary N) is 2. The lowest BCUT2D eigenvalue weighted by molar-refractivity contribution is -0.525. The van der Waals surface area contributed by atoms with Gasteiger partial charge in [-0.15, -0.1) is 0 Å². The Hall–Kier alpha value is -1.63. The van der Waals surface area contributed by atoms with Crippen molar-refractivity contribution in [1.82, 2.24) is 10.7 Å². The largest absolute Gasteiger partial charge is 1.00 e. The number of guanidine groups is 1. The number of hydrazine groups is 1. The van der Waals surface area contributed by atoms with Crippen LogP contribution in [0.2, 0.25) is 0 Å². The number of nitro groups is 1. The van der Waals surface area contributed by atoms with E-state index in [4.69, 9.17) is 20.8 Å². The molecule has 0 aromatic carbocycles. The van der Waals surface area contributed by atoms with Crippen LogP contribution in [0.1, 0.15) is 66.7 Å². The number of rotatable bonds is 10. The smallest absolute Gasteiger partial charge is 0.481 e. The fourth-order valence-corrected chi connectivity index (χ4v) is 5.88. The van der Waals surface area contributed by atoms with Gasteiger partial charge in [0.25, 0.3) is 5.96 Å². The number of hydrogen-bond donors (Lipinski definition) is 4. The zero-order valence-corrected chi connectivity index (χ0v) is 21.5. The van der Waals surface area contributed by atoms with Crippen LogP contribution in [0, 0.1) is 33.3 Å². The van der Waals surface area contributed by atoms with Gasteiger partial charge in [0.15, 0.2) is 5.03 Å². The first-order chi connectivity index (χ1) is 15.3. The number of carbonyl (C=O) groups excluding carboxylic acids is 1. The second kappa shape index (κ2) is 11.0. The third-order valence-corrected chi connectivity index (χ3v) is 7.85. The zero-order valence-electron chi connectivity index (χ0n) is 20.8. The Morgan fingerprint density at radius 3 is 2.59 bits per heavy atom. The number of amides is 1. The van der Waals surface area contributed by atoms with Gasteiger partial charge in [-0.25, -0.2) is 15.1 Å². The minimum absolute atomic E-state index is 0. The number of carbonyl (C=O) groups is 1. The molecule has 2 bridgehead atoms. The SMILES string of the molecule is CC(C)C[C@H](NC(=O)[C@@H](N)CCCN=C(N)N[N+](=O)[O-])B1O[C@@H]2C[C@@H]3C[C@@H](C3(C)C)[C@]2(C)O1.[Cl-]. The van der Waals surface area contributed by atoms with Crippen molar-refractivity contribution >= 4 is 19.0 Å². The number of hydrogen-bond acceptors (Lipinski definition) is 7. The second-order valence-corrected chi connectivity index (χ2v) is 11.0. The molecule has 0 radical (unpaired) electrons. The molecule has 6 atom stereocenters. The molecule has 4 fully saturated rings. The number of aliphatic imine (C=N–C) groups is 1. The summed E-state index contributed by atoms with van der Waals surface area (Å²) < 4.78 is 13.0. The summed E-state index contributed by atoms with van der Waals surface area (Å²) in [7, 11) is -0.494. The molecular formula is C21H39BClN6O5-. The van der Waals surface area contributed by atoms with Crippen LogP contribution >= 0.6 is 0 Å². The van der Waals surface area contributed by atoms with Crippen LogP contribution in [0.3, 0.4) is 0 Å². The van der Waals surface area contributed by atoms with E-state index in [0.717, 1.165) is 12.8 Å². The minimum Gasteiger partial charge on any atom is -1.00 e. The zero-order chi connectivity index (χ0) is 24.6. The third-order valence-electron chi connectivity index (χ3n) is 7.85. The van der Waals surface area contributed by atoms with Crippen molar-refractivity contribution in [2.24, 2.45) is 39.6 Å². The maximum absolute atomic E-state index is 12.8. The van der Waals surface area contributed by atoms with E-state index in [0.29, 0.717) is 30.6 Å². The quantitative estimate of drug-likeness (QED) is 0.0665. The van der Waals surface area contributed by atoms with Gasteiger partial charge >= 0.3 is 7.12 Å². The van der Waals surface area contributed by atoms with E-state index in [1.807, 2.05) is 0 Å². The van der Waals surface area contributed by atoms with Crippen molar-refractivity contribution in [3.63, 3.8) is 0 Å². The monoisotopic (exact) mass is 501 g/mol. The predicted molar refractivity (Wildman–Crippen MR) is 125 cm³/mol. The van der Waals surface area contributed by atoms with E-state index < -0.39 is 18.2 Å². The van der Waals surface area contributed by atoms with Crippen molar-refractivity contribution in [2.75, 3.05) is 6.54 Å². The normalized spacial score (nSPS) is 31.1. The van der Waals surface area contributed by atoms with Gasteiger partial charge in [0.2, 0.25) is 5.91 Å². The highest BCUT2D eigenvalue weighted by Gasteiger charge is 2.68. The second-order valence-electron chi connectivity index (χ2n) is 11.0. The first-order valence-corrected chi connectivity index (χ1v) is 11.9. The van der Waals surface area contributed by atoms with Gasteiger partial charge in [-0.3, -0.25) is 4.79 Å². The molecule has 0 aromatic heterocycles. The van der Waals surface area contributed by atoms with Gasteiger partial charge in [0.05, 0.1) is 23.7 Å². The van der Waals surface area contributed by atoms with E-state index in [9.17, 15) is 14.9 Å². The standard InChI is InChI=1S/C21H39BN6O5.ClH/c1-12(2)9-17(26-18(29)14(23)7-6-8-25-19(24)27-28(30)31)22-32-16-11-13-10-15(20(13,3)4)21(16,5)33-22;/h12-17H,6-11,23H2,1-5H3,(H,26,29)(H3,24,25,27);1H/p-1/t13-,14-,15-,16+,17-,21-;/m0./s1. The van der Waals surface area contributed by atoms with Gasteiger partial charge in [-0.2, -0.15) is 0 Å². The molecule has 1 saturated heterocycles. The molecule has 1 heterocycles.